The molecule has 1 aromatic heterocycles. The van der Waals surface area contributed by atoms with Crippen LogP contribution < -0.4 is 5.32 Å². The molecule has 0 saturated carbocycles. The minimum atomic E-state index is -4.38. The molecular weight excluding hydrogens is 393 g/mol. The van der Waals surface area contributed by atoms with E-state index in [-0.39, 0.29) is 4.90 Å². The van der Waals surface area contributed by atoms with Crippen molar-refractivity contribution in [2.75, 3.05) is 20.1 Å². The van der Waals surface area contributed by atoms with E-state index in [4.69, 9.17) is 0 Å². The van der Waals surface area contributed by atoms with Crippen molar-refractivity contribution in [2.24, 2.45) is 0 Å². The van der Waals surface area contributed by atoms with E-state index in [0.717, 1.165) is 22.8 Å². The van der Waals surface area contributed by atoms with Gasteiger partial charge in [-0.2, -0.15) is 13.2 Å². The van der Waals surface area contributed by atoms with Gasteiger partial charge >= 0.3 is 6.18 Å². The van der Waals surface area contributed by atoms with Crippen LogP contribution in [0.25, 0.3) is 0 Å². The normalized spacial score (nSPS) is 13.1. The molecule has 0 bridgehead atoms. The smallest absolute Gasteiger partial charge is 0.312 e. The summed E-state index contributed by atoms with van der Waals surface area (Å²) in [5, 5.41) is 3.06. The van der Waals surface area contributed by atoms with E-state index in [1.54, 1.807) is 0 Å². The summed E-state index contributed by atoms with van der Waals surface area (Å²) in [5.74, 6) is 0. The van der Waals surface area contributed by atoms with Crippen molar-refractivity contribution in [1.29, 1.82) is 0 Å². The lowest BCUT2D eigenvalue weighted by molar-refractivity contribution is -0.135. The van der Waals surface area contributed by atoms with Crippen LogP contribution >= 0.6 is 27.3 Å². The summed E-state index contributed by atoms with van der Waals surface area (Å²) in [6.45, 7) is 2.58. The van der Waals surface area contributed by atoms with Crippen molar-refractivity contribution >= 4 is 37.3 Å². The van der Waals surface area contributed by atoms with Crippen molar-refractivity contribution in [2.45, 2.75) is 31.0 Å². The fourth-order valence-electron chi connectivity index (χ4n) is 1.48. The molecule has 122 valence electrons. The minimum absolute atomic E-state index is 0.00470. The third-order valence-electron chi connectivity index (χ3n) is 2.65. The van der Waals surface area contributed by atoms with Crippen LogP contribution in [-0.4, -0.2) is 39.0 Å². The molecule has 4 nitrogen and oxygen atoms in total. The highest BCUT2D eigenvalue weighted by Crippen LogP contribution is 2.33. The molecule has 0 radical (unpaired) electrons. The Morgan fingerprint density at radius 1 is 1.43 bits per heavy atom. The van der Waals surface area contributed by atoms with Gasteiger partial charge in [0, 0.05) is 25.0 Å². The van der Waals surface area contributed by atoms with E-state index < -0.39 is 29.2 Å². The standard InChI is InChI=1S/C11H16BrF3N2O2S2/c1-3-16-7-8-6-9(10(12)20-8)21(18,19)17(2)5-4-11(13,14)15/h6,16H,3-5,7H2,1-2H3. The number of nitrogens with zero attached hydrogens (tertiary/aromatic N) is 1. The Labute approximate surface area is 134 Å². The van der Waals surface area contributed by atoms with Crippen molar-refractivity contribution in [1.82, 2.24) is 9.62 Å². The Morgan fingerprint density at radius 3 is 2.57 bits per heavy atom. The van der Waals surface area contributed by atoms with Crippen LogP contribution in [-0.2, 0) is 16.6 Å². The fraction of sp³-hybridized carbons (Fsp3) is 0.636. The predicted molar refractivity (Wildman–Crippen MR) is 79.9 cm³/mol. The molecule has 0 fully saturated rings. The van der Waals surface area contributed by atoms with E-state index >= 15 is 0 Å². The average molecular weight is 409 g/mol. The first kappa shape index (κ1) is 18.9. The first-order valence-corrected chi connectivity index (χ1v) is 9.15. The zero-order valence-electron chi connectivity index (χ0n) is 11.5. The maximum Gasteiger partial charge on any atom is 0.390 e. The highest BCUT2D eigenvalue weighted by molar-refractivity contribution is 9.11. The van der Waals surface area contributed by atoms with Gasteiger partial charge in [0.25, 0.3) is 0 Å². The van der Waals surface area contributed by atoms with Crippen LogP contribution in [0.2, 0.25) is 0 Å². The van der Waals surface area contributed by atoms with Gasteiger partial charge in [0.1, 0.15) is 4.90 Å². The molecule has 0 spiro atoms. The zero-order valence-corrected chi connectivity index (χ0v) is 14.7. The molecule has 1 heterocycles. The van der Waals surface area contributed by atoms with Crippen LogP contribution in [0.4, 0.5) is 13.2 Å². The van der Waals surface area contributed by atoms with Gasteiger partial charge in [-0.15, -0.1) is 11.3 Å². The average Bonchev–Trinajstić information content (AvgIpc) is 2.74. The minimum Gasteiger partial charge on any atom is -0.312 e. The van der Waals surface area contributed by atoms with E-state index in [1.807, 2.05) is 6.92 Å². The lowest BCUT2D eigenvalue weighted by atomic mass is 10.4. The van der Waals surface area contributed by atoms with Crippen molar-refractivity contribution < 1.29 is 21.6 Å². The fourth-order valence-corrected chi connectivity index (χ4v) is 5.25. The third-order valence-corrected chi connectivity index (χ3v) is 6.76. The molecule has 0 aliphatic heterocycles. The molecule has 0 unspecified atom stereocenters. The van der Waals surface area contributed by atoms with E-state index in [1.165, 1.54) is 17.4 Å². The summed E-state index contributed by atoms with van der Waals surface area (Å²) in [4.78, 5) is 0.802. The number of alkyl halides is 3. The van der Waals surface area contributed by atoms with Gasteiger partial charge in [0.05, 0.1) is 10.2 Å². The van der Waals surface area contributed by atoms with Crippen LogP contribution in [0.1, 0.15) is 18.2 Å². The first-order chi connectivity index (χ1) is 9.58. The SMILES string of the molecule is CCNCc1cc(S(=O)(=O)N(C)CCC(F)(F)F)c(Br)s1. The quantitative estimate of drug-likeness (QED) is 0.753. The van der Waals surface area contributed by atoms with Gasteiger partial charge in [-0.25, -0.2) is 12.7 Å². The highest BCUT2D eigenvalue weighted by Gasteiger charge is 2.31. The van der Waals surface area contributed by atoms with Crippen LogP contribution in [0.5, 0.6) is 0 Å². The largest absolute Gasteiger partial charge is 0.390 e. The molecular formula is C11H16BrF3N2O2S2. The van der Waals surface area contributed by atoms with Gasteiger partial charge in [-0.1, -0.05) is 6.92 Å². The predicted octanol–water partition coefficient (Wildman–Crippen LogP) is 3.19. The number of nitrogens with one attached hydrogen (secondary N) is 1. The molecule has 1 N–H and O–H groups in total. The Hall–Kier alpha value is -0.160. The van der Waals surface area contributed by atoms with Crippen molar-refractivity contribution in [3.8, 4) is 0 Å². The second-order valence-corrected chi connectivity index (χ2v) is 8.79. The van der Waals surface area contributed by atoms with Crippen LogP contribution in [0, 0.1) is 0 Å². The highest BCUT2D eigenvalue weighted by atomic mass is 79.9. The molecule has 0 aliphatic carbocycles. The summed E-state index contributed by atoms with van der Waals surface area (Å²) < 4.78 is 62.2. The van der Waals surface area contributed by atoms with E-state index in [2.05, 4.69) is 21.2 Å². The molecule has 1 rings (SSSR count). The van der Waals surface area contributed by atoms with Crippen LogP contribution in [0.15, 0.2) is 14.7 Å². The van der Waals surface area contributed by atoms with E-state index in [0.29, 0.717) is 10.3 Å². The summed E-state index contributed by atoms with van der Waals surface area (Å²) >= 11 is 4.41. The lowest BCUT2D eigenvalue weighted by Crippen LogP contribution is -2.30. The van der Waals surface area contributed by atoms with Crippen LogP contribution in [0.3, 0.4) is 0 Å². The van der Waals surface area contributed by atoms with E-state index in [9.17, 15) is 21.6 Å². The van der Waals surface area contributed by atoms with Crippen molar-refractivity contribution in [3.63, 3.8) is 0 Å². The summed E-state index contributed by atoms with van der Waals surface area (Å²) in [5.41, 5.74) is 0. The topological polar surface area (TPSA) is 49.4 Å². The second kappa shape index (κ2) is 7.40. The number of rotatable bonds is 7. The van der Waals surface area contributed by atoms with Gasteiger partial charge in [0.2, 0.25) is 10.0 Å². The van der Waals surface area contributed by atoms with Gasteiger partial charge in [-0.3, -0.25) is 0 Å². The Balaban J connectivity index is 2.89. The molecule has 0 aliphatic rings. The number of hydrogen-bond donors (Lipinski definition) is 1. The maximum absolute atomic E-state index is 12.3. The summed E-state index contributed by atoms with van der Waals surface area (Å²) in [7, 11) is -2.78. The molecule has 21 heavy (non-hydrogen) atoms. The van der Waals surface area contributed by atoms with Gasteiger partial charge < -0.3 is 5.32 Å². The molecule has 0 amide bonds. The monoisotopic (exact) mass is 408 g/mol. The molecule has 10 heteroatoms. The second-order valence-electron chi connectivity index (χ2n) is 4.32. The summed E-state index contributed by atoms with van der Waals surface area (Å²) in [6.07, 6.45) is -5.55. The lowest BCUT2D eigenvalue weighted by Gasteiger charge is -2.17. The molecule has 0 saturated heterocycles. The Kier molecular flexibility index (Phi) is 6.66. The Morgan fingerprint density at radius 2 is 2.05 bits per heavy atom. The third kappa shape index (κ3) is 5.51. The van der Waals surface area contributed by atoms with Crippen molar-refractivity contribution in [3.05, 3.63) is 14.7 Å². The molecule has 1 aromatic rings. The zero-order chi connectivity index (χ0) is 16.3. The number of hydrogen-bond acceptors (Lipinski definition) is 4. The first-order valence-electron chi connectivity index (χ1n) is 6.10. The molecule has 0 atom stereocenters. The Bertz CT molecular complexity index is 573. The number of halogens is 4. The maximum atomic E-state index is 12.3. The number of thiophene rings is 1. The molecule has 0 aromatic carbocycles. The van der Waals surface area contributed by atoms with Gasteiger partial charge in [-0.05, 0) is 28.5 Å². The van der Waals surface area contributed by atoms with Gasteiger partial charge in [0.15, 0.2) is 0 Å². The number of sulfonamides is 1. The summed E-state index contributed by atoms with van der Waals surface area (Å²) in [6, 6.07) is 1.48.